The molecule has 2 N–H and O–H groups in total. The van der Waals surface area contributed by atoms with Crippen molar-refractivity contribution in [2.75, 3.05) is 26.2 Å². The topological polar surface area (TPSA) is 44.4 Å². The Labute approximate surface area is 97.2 Å². The third-order valence-corrected chi connectivity index (χ3v) is 3.03. The fourth-order valence-corrected chi connectivity index (χ4v) is 2.14. The molecule has 0 radical (unpaired) electrons. The van der Waals surface area contributed by atoms with Crippen LogP contribution in [0.5, 0.6) is 0 Å². The van der Waals surface area contributed by atoms with Crippen LogP contribution in [-0.4, -0.2) is 43.2 Å². The second-order valence-electron chi connectivity index (χ2n) is 4.19. The van der Waals surface area contributed by atoms with E-state index >= 15 is 0 Å². The monoisotopic (exact) mass is 233 g/mol. The van der Waals surface area contributed by atoms with Crippen molar-refractivity contribution in [2.24, 2.45) is 0 Å². The molecule has 0 bridgehead atoms. The molecule has 1 atom stereocenters. The molecule has 2 aliphatic heterocycles. The molecule has 2 rings (SSSR count). The Morgan fingerprint density at radius 1 is 1.27 bits per heavy atom. The first-order valence-corrected chi connectivity index (χ1v) is 5.62. The maximum Gasteiger partial charge on any atom is 0.317 e. The van der Waals surface area contributed by atoms with E-state index in [2.05, 4.69) is 10.6 Å². The van der Waals surface area contributed by atoms with E-state index in [1.54, 1.807) is 0 Å². The van der Waals surface area contributed by atoms with Gasteiger partial charge in [-0.3, -0.25) is 0 Å². The molecule has 2 aliphatic rings. The van der Waals surface area contributed by atoms with E-state index < -0.39 is 0 Å². The Bertz CT molecular complexity index is 201. The van der Waals surface area contributed by atoms with Crippen molar-refractivity contribution in [1.29, 1.82) is 0 Å². The molecule has 88 valence electrons. The molecule has 2 heterocycles. The molecular weight excluding hydrogens is 214 g/mol. The number of piperidine rings is 1. The summed E-state index contributed by atoms with van der Waals surface area (Å²) < 4.78 is 0. The summed E-state index contributed by atoms with van der Waals surface area (Å²) in [5, 5.41) is 6.32. The largest absolute Gasteiger partial charge is 0.334 e. The first kappa shape index (κ1) is 12.6. The zero-order valence-corrected chi connectivity index (χ0v) is 9.81. The van der Waals surface area contributed by atoms with E-state index in [4.69, 9.17) is 0 Å². The molecule has 0 aromatic rings. The minimum atomic E-state index is 0. The van der Waals surface area contributed by atoms with Gasteiger partial charge >= 0.3 is 6.03 Å². The summed E-state index contributed by atoms with van der Waals surface area (Å²) in [5.74, 6) is 0. The summed E-state index contributed by atoms with van der Waals surface area (Å²) in [7, 11) is 0. The van der Waals surface area contributed by atoms with Gasteiger partial charge in [0.15, 0.2) is 0 Å². The van der Waals surface area contributed by atoms with Gasteiger partial charge in [-0.05, 0) is 32.2 Å². The number of likely N-dealkylation sites (tertiary alicyclic amines) is 1. The molecule has 0 aromatic heterocycles. The van der Waals surface area contributed by atoms with Crippen LogP contribution in [0.3, 0.4) is 0 Å². The third-order valence-electron chi connectivity index (χ3n) is 3.03. The highest BCUT2D eigenvalue weighted by Gasteiger charge is 2.21. The van der Waals surface area contributed by atoms with E-state index in [0.717, 1.165) is 45.4 Å². The standard InChI is InChI=1S/C10H19N3O.ClH/c14-10(12-9-4-5-11-8-9)13-6-2-1-3-7-13;/h9,11H,1-8H2,(H,12,14);1H. The quantitative estimate of drug-likeness (QED) is 0.709. The highest BCUT2D eigenvalue weighted by atomic mass is 35.5. The van der Waals surface area contributed by atoms with Crippen LogP contribution in [0.2, 0.25) is 0 Å². The molecule has 1 unspecified atom stereocenters. The van der Waals surface area contributed by atoms with Crippen molar-refractivity contribution < 1.29 is 4.79 Å². The van der Waals surface area contributed by atoms with Crippen molar-refractivity contribution >= 4 is 18.4 Å². The van der Waals surface area contributed by atoms with Crippen LogP contribution < -0.4 is 10.6 Å². The fourth-order valence-electron chi connectivity index (χ4n) is 2.14. The molecule has 2 fully saturated rings. The zero-order valence-electron chi connectivity index (χ0n) is 9.00. The van der Waals surface area contributed by atoms with Gasteiger partial charge in [0.2, 0.25) is 0 Å². The molecule has 5 heteroatoms. The van der Waals surface area contributed by atoms with E-state index in [1.165, 1.54) is 6.42 Å². The van der Waals surface area contributed by atoms with E-state index in [9.17, 15) is 4.79 Å². The number of carbonyl (C=O) groups is 1. The molecule has 15 heavy (non-hydrogen) atoms. The van der Waals surface area contributed by atoms with E-state index in [-0.39, 0.29) is 18.4 Å². The first-order chi connectivity index (χ1) is 6.86. The van der Waals surface area contributed by atoms with Gasteiger partial charge < -0.3 is 15.5 Å². The molecule has 0 saturated carbocycles. The molecule has 0 aromatic carbocycles. The number of amides is 2. The van der Waals surface area contributed by atoms with Crippen LogP contribution in [0.25, 0.3) is 0 Å². The molecular formula is C10H20ClN3O. The average molecular weight is 234 g/mol. The minimum Gasteiger partial charge on any atom is -0.334 e. The van der Waals surface area contributed by atoms with Gasteiger partial charge in [-0.1, -0.05) is 0 Å². The van der Waals surface area contributed by atoms with E-state index in [1.807, 2.05) is 4.90 Å². The lowest BCUT2D eigenvalue weighted by molar-refractivity contribution is 0.183. The van der Waals surface area contributed by atoms with Gasteiger partial charge in [-0.2, -0.15) is 0 Å². The average Bonchev–Trinajstić information content (AvgIpc) is 2.72. The molecule has 0 spiro atoms. The molecule has 0 aliphatic carbocycles. The predicted octanol–water partition coefficient (Wildman–Crippen LogP) is 0.966. The summed E-state index contributed by atoms with van der Waals surface area (Å²) in [4.78, 5) is 13.7. The maximum absolute atomic E-state index is 11.7. The number of nitrogens with one attached hydrogen (secondary N) is 2. The van der Waals surface area contributed by atoms with Crippen LogP contribution in [-0.2, 0) is 0 Å². The van der Waals surface area contributed by atoms with Gasteiger partial charge in [-0.15, -0.1) is 12.4 Å². The van der Waals surface area contributed by atoms with Crippen LogP contribution >= 0.6 is 12.4 Å². The number of urea groups is 1. The number of hydrogen-bond acceptors (Lipinski definition) is 2. The summed E-state index contributed by atoms with van der Waals surface area (Å²) >= 11 is 0. The Balaban J connectivity index is 0.00000112. The van der Waals surface area contributed by atoms with Crippen molar-refractivity contribution in [3.05, 3.63) is 0 Å². The second-order valence-corrected chi connectivity index (χ2v) is 4.19. The summed E-state index contributed by atoms with van der Waals surface area (Å²) in [6, 6.07) is 0.489. The van der Waals surface area contributed by atoms with Gasteiger partial charge in [0, 0.05) is 25.7 Å². The first-order valence-electron chi connectivity index (χ1n) is 5.62. The van der Waals surface area contributed by atoms with Crippen LogP contribution in [0.4, 0.5) is 4.79 Å². The second kappa shape index (κ2) is 6.18. The predicted molar refractivity (Wildman–Crippen MR) is 62.5 cm³/mol. The lowest BCUT2D eigenvalue weighted by atomic mass is 10.1. The third kappa shape index (κ3) is 3.54. The highest BCUT2D eigenvalue weighted by Crippen LogP contribution is 2.09. The van der Waals surface area contributed by atoms with Gasteiger partial charge in [-0.25, -0.2) is 4.79 Å². The minimum absolute atomic E-state index is 0. The van der Waals surface area contributed by atoms with Gasteiger partial charge in [0.1, 0.15) is 0 Å². The maximum atomic E-state index is 11.7. The summed E-state index contributed by atoms with van der Waals surface area (Å²) in [6.45, 7) is 3.84. The lowest BCUT2D eigenvalue weighted by Gasteiger charge is -2.28. The normalized spacial score (nSPS) is 25.9. The van der Waals surface area contributed by atoms with Crippen LogP contribution in [0.1, 0.15) is 25.7 Å². The van der Waals surface area contributed by atoms with Crippen molar-refractivity contribution in [2.45, 2.75) is 31.7 Å². The number of rotatable bonds is 1. The number of halogens is 1. The number of carbonyl (C=O) groups excluding carboxylic acids is 1. The van der Waals surface area contributed by atoms with Crippen molar-refractivity contribution in [3.8, 4) is 0 Å². The van der Waals surface area contributed by atoms with Crippen LogP contribution in [0.15, 0.2) is 0 Å². The smallest absolute Gasteiger partial charge is 0.317 e. The Kier molecular flexibility index (Phi) is 5.19. The summed E-state index contributed by atoms with van der Waals surface area (Å²) in [6.07, 6.45) is 4.67. The van der Waals surface area contributed by atoms with Crippen molar-refractivity contribution in [1.82, 2.24) is 15.5 Å². The highest BCUT2D eigenvalue weighted by molar-refractivity contribution is 5.85. The van der Waals surface area contributed by atoms with Crippen molar-refractivity contribution in [3.63, 3.8) is 0 Å². The van der Waals surface area contributed by atoms with Gasteiger partial charge in [0.25, 0.3) is 0 Å². The summed E-state index contributed by atoms with van der Waals surface area (Å²) in [5.41, 5.74) is 0. The number of hydrogen-bond donors (Lipinski definition) is 2. The molecule has 2 saturated heterocycles. The molecule has 2 amide bonds. The lowest BCUT2D eigenvalue weighted by Crippen LogP contribution is -2.47. The van der Waals surface area contributed by atoms with Crippen LogP contribution in [0, 0.1) is 0 Å². The Morgan fingerprint density at radius 3 is 2.60 bits per heavy atom. The zero-order chi connectivity index (χ0) is 9.80. The SMILES string of the molecule is Cl.O=C(NC1CCNC1)N1CCCCC1. The fraction of sp³-hybridized carbons (Fsp3) is 0.900. The van der Waals surface area contributed by atoms with Gasteiger partial charge in [0.05, 0.1) is 0 Å². The van der Waals surface area contributed by atoms with E-state index in [0.29, 0.717) is 6.04 Å². The number of nitrogens with zero attached hydrogens (tertiary/aromatic N) is 1. The Morgan fingerprint density at radius 2 is 2.00 bits per heavy atom. The Hall–Kier alpha value is -0.480. The molecule has 4 nitrogen and oxygen atoms in total.